The van der Waals surface area contributed by atoms with Crippen molar-refractivity contribution in [3.63, 3.8) is 0 Å². The van der Waals surface area contributed by atoms with Crippen molar-refractivity contribution in [2.45, 2.75) is 39.4 Å². The molecule has 98 valence electrons. The first-order chi connectivity index (χ1) is 8.49. The molecule has 1 N–H and O–H groups in total. The van der Waals surface area contributed by atoms with E-state index in [1.54, 1.807) is 18.7 Å². The van der Waals surface area contributed by atoms with Gasteiger partial charge in [0, 0.05) is 6.54 Å². The first-order valence-corrected chi connectivity index (χ1v) is 6.24. The van der Waals surface area contributed by atoms with Crippen LogP contribution in [0.5, 0.6) is 5.75 Å². The molecule has 0 aromatic heterocycles. The molecule has 0 fully saturated rings. The minimum Gasteiger partial charge on any atom is -0.476 e. The minimum atomic E-state index is -0.830. The highest BCUT2D eigenvalue weighted by molar-refractivity contribution is 6.02. The standard InChI is InChI=1S/C14H19NO3/c1-4-7-15-11-8-10(9-16)5-6-12(11)18-14(2,3)13(15)17/h5-6,8,16H,4,7,9H2,1-3H3. The number of carbonyl (C=O) groups is 1. The van der Waals surface area contributed by atoms with Crippen molar-refractivity contribution in [3.05, 3.63) is 23.8 Å². The number of amides is 1. The van der Waals surface area contributed by atoms with E-state index in [1.807, 2.05) is 25.1 Å². The van der Waals surface area contributed by atoms with Crippen molar-refractivity contribution in [2.75, 3.05) is 11.4 Å². The van der Waals surface area contributed by atoms with Gasteiger partial charge in [-0.25, -0.2) is 0 Å². The van der Waals surface area contributed by atoms with Crippen LogP contribution in [0.3, 0.4) is 0 Å². The van der Waals surface area contributed by atoms with Gasteiger partial charge in [0.25, 0.3) is 5.91 Å². The highest BCUT2D eigenvalue weighted by Gasteiger charge is 2.40. The van der Waals surface area contributed by atoms with E-state index in [0.717, 1.165) is 17.7 Å². The van der Waals surface area contributed by atoms with Crippen LogP contribution in [0.1, 0.15) is 32.8 Å². The van der Waals surface area contributed by atoms with Gasteiger partial charge in [-0.15, -0.1) is 0 Å². The monoisotopic (exact) mass is 249 g/mol. The van der Waals surface area contributed by atoms with Crippen molar-refractivity contribution in [1.29, 1.82) is 0 Å². The lowest BCUT2D eigenvalue weighted by Gasteiger charge is -2.38. The molecule has 1 amide bonds. The molecule has 0 aliphatic carbocycles. The highest BCUT2D eigenvalue weighted by Crippen LogP contribution is 2.38. The number of aliphatic hydroxyl groups excluding tert-OH is 1. The van der Waals surface area contributed by atoms with E-state index < -0.39 is 5.60 Å². The van der Waals surface area contributed by atoms with Crippen LogP contribution in [0, 0.1) is 0 Å². The largest absolute Gasteiger partial charge is 0.476 e. The van der Waals surface area contributed by atoms with Gasteiger partial charge in [0.05, 0.1) is 12.3 Å². The minimum absolute atomic E-state index is 0.0352. The molecule has 1 aliphatic heterocycles. The van der Waals surface area contributed by atoms with E-state index >= 15 is 0 Å². The van der Waals surface area contributed by atoms with Gasteiger partial charge in [-0.05, 0) is 38.0 Å². The van der Waals surface area contributed by atoms with Crippen LogP contribution in [0.4, 0.5) is 5.69 Å². The van der Waals surface area contributed by atoms with Crippen LogP contribution in [0.2, 0.25) is 0 Å². The number of nitrogens with zero attached hydrogens (tertiary/aromatic N) is 1. The Morgan fingerprint density at radius 2 is 2.11 bits per heavy atom. The maximum absolute atomic E-state index is 12.3. The first kappa shape index (κ1) is 12.9. The number of hydrogen-bond donors (Lipinski definition) is 1. The van der Waals surface area contributed by atoms with E-state index in [0.29, 0.717) is 12.3 Å². The van der Waals surface area contributed by atoms with Gasteiger partial charge < -0.3 is 14.7 Å². The van der Waals surface area contributed by atoms with Crippen LogP contribution in [0.15, 0.2) is 18.2 Å². The number of aliphatic hydroxyl groups is 1. The maximum Gasteiger partial charge on any atom is 0.270 e. The van der Waals surface area contributed by atoms with Gasteiger partial charge in [0.1, 0.15) is 5.75 Å². The predicted molar refractivity (Wildman–Crippen MR) is 69.7 cm³/mol. The summed E-state index contributed by atoms with van der Waals surface area (Å²) in [5.74, 6) is 0.664. The Morgan fingerprint density at radius 1 is 1.39 bits per heavy atom. The van der Waals surface area contributed by atoms with E-state index in [2.05, 4.69) is 0 Å². The zero-order valence-electron chi connectivity index (χ0n) is 11.1. The molecular weight excluding hydrogens is 230 g/mol. The molecule has 0 radical (unpaired) electrons. The van der Waals surface area contributed by atoms with E-state index in [9.17, 15) is 9.90 Å². The quantitative estimate of drug-likeness (QED) is 0.892. The van der Waals surface area contributed by atoms with Gasteiger partial charge in [-0.3, -0.25) is 4.79 Å². The Morgan fingerprint density at radius 3 is 2.72 bits per heavy atom. The molecule has 0 spiro atoms. The summed E-state index contributed by atoms with van der Waals surface area (Å²) in [5.41, 5.74) is 0.710. The summed E-state index contributed by atoms with van der Waals surface area (Å²) >= 11 is 0. The van der Waals surface area contributed by atoms with Crippen molar-refractivity contribution < 1.29 is 14.6 Å². The molecule has 0 saturated carbocycles. The maximum atomic E-state index is 12.3. The van der Waals surface area contributed by atoms with Gasteiger partial charge in [-0.2, -0.15) is 0 Å². The first-order valence-electron chi connectivity index (χ1n) is 6.24. The van der Waals surface area contributed by atoms with E-state index in [4.69, 9.17) is 4.74 Å². The normalized spacial score (nSPS) is 17.3. The third-order valence-corrected chi connectivity index (χ3v) is 3.07. The second kappa shape index (κ2) is 4.61. The van der Waals surface area contributed by atoms with Crippen LogP contribution in [0.25, 0.3) is 0 Å². The molecule has 1 aromatic rings. The number of carbonyl (C=O) groups excluding carboxylic acids is 1. The molecule has 4 heteroatoms. The summed E-state index contributed by atoms with van der Waals surface area (Å²) in [4.78, 5) is 14.1. The Balaban J connectivity index is 2.49. The summed E-state index contributed by atoms with van der Waals surface area (Å²) in [6.07, 6.45) is 0.880. The van der Waals surface area contributed by atoms with Gasteiger partial charge >= 0.3 is 0 Å². The fourth-order valence-electron chi connectivity index (χ4n) is 2.16. The topological polar surface area (TPSA) is 49.8 Å². The van der Waals surface area contributed by atoms with E-state index in [1.165, 1.54) is 0 Å². The number of ether oxygens (including phenoxy) is 1. The Labute approximate surface area is 107 Å². The van der Waals surface area contributed by atoms with Gasteiger partial charge in [-0.1, -0.05) is 13.0 Å². The number of anilines is 1. The van der Waals surface area contributed by atoms with Gasteiger partial charge in [0.15, 0.2) is 5.60 Å². The van der Waals surface area contributed by atoms with Crippen molar-refractivity contribution in [2.24, 2.45) is 0 Å². The van der Waals surface area contributed by atoms with Gasteiger partial charge in [0.2, 0.25) is 0 Å². The molecule has 0 atom stereocenters. The van der Waals surface area contributed by atoms with Crippen LogP contribution in [-0.4, -0.2) is 23.2 Å². The van der Waals surface area contributed by atoms with Crippen molar-refractivity contribution in [3.8, 4) is 5.75 Å². The zero-order valence-corrected chi connectivity index (χ0v) is 11.1. The SMILES string of the molecule is CCCN1C(=O)C(C)(C)Oc2ccc(CO)cc21. The summed E-state index contributed by atoms with van der Waals surface area (Å²) in [7, 11) is 0. The number of rotatable bonds is 3. The molecule has 0 saturated heterocycles. The Kier molecular flexibility index (Phi) is 3.30. The molecular formula is C14H19NO3. The smallest absolute Gasteiger partial charge is 0.270 e. The summed E-state index contributed by atoms with van der Waals surface area (Å²) in [5, 5.41) is 9.18. The molecule has 1 aliphatic rings. The highest BCUT2D eigenvalue weighted by atomic mass is 16.5. The lowest BCUT2D eigenvalue weighted by molar-refractivity contribution is -0.132. The fourth-order valence-corrected chi connectivity index (χ4v) is 2.16. The Hall–Kier alpha value is -1.55. The average Bonchev–Trinajstić information content (AvgIpc) is 2.34. The zero-order chi connectivity index (χ0) is 13.3. The molecule has 2 rings (SSSR count). The van der Waals surface area contributed by atoms with Crippen LogP contribution in [-0.2, 0) is 11.4 Å². The third-order valence-electron chi connectivity index (χ3n) is 3.07. The summed E-state index contributed by atoms with van der Waals surface area (Å²) in [6.45, 7) is 6.21. The number of hydrogen-bond acceptors (Lipinski definition) is 3. The second-order valence-electron chi connectivity index (χ2n) is 5.03. The summed E-state index contributed by atoms with van der Waals surface area (Å²) in [6, 6.07) is 5.45. The lowest BCUT2D eigenvalue weighted by Crippen LogP contribution is -2.52. The molecule has 0 bridgehead atoms. The van der Waals surface area contributed by atoms with Crippen LogP contribution < -0.4 is 9.64 Å². The number of fused-ring (bicyclic) bond motifs is 1. The molecule has 0 unspecified atom stereocenters. The van der Waals surface area contributed by atoms with Crippen LogP contribution >= 0.6 is 0 Å². The third kappa shape index (κ3) is 2.08. The lowest BCUT2D eigenvalue weighted by atomic mass is 10.0. The molecule has 1 aromatic carbocycles. The Bertz CT molecular complexity index is 468. The molecule has 18 heavy (non-hydrogen) atoms. The fraction of sp³-hybridized carbons (Fsp3) is 0.500. The van der Waals surface area contributed by atoms with Crippen molar-refractivity contribution >= 4 is 11.6 Å². The van der Waals surface area contributed by atoms with E-state index in [-0.39, 0.29) is 12.5 Å². The predicted octanol–water partition coefficient (Wildman–Crippen LogP) is 2.09. The van der Waals surface area contributed by atoms with Crippen molar-refractivity contribution in [1.82, 2.24) is 0 Å². The second-order valence-corrected chi connectivity index (χ2v) is 5.03. The molecule has 4 nitrogen and oxygen atoms in total. The average molecular weight is 249 g/mol. The summed E-state index contributed by atoms with van der Waals surface area (Å²) < 4.78 is 5.73. The number of benzene rings is 1. The molecule has 1 heterocycles.